The molecule has 0 atom stereocenters. The standard InChI is InChI=1S/C30H28N2O7S/c1-3-36-30(34)27-21-6-4-5-7-26(21)40-29(27)32-28(33)20(15-31)12-18-8-10-22(24(13-18)35-2)37-16-19-9-11-23-25(14-19)39-17-38-23/h8-14H,3-7,16-17H2,1-2H3,(H,32,33)/b20-12+. The van der Waals surface area contributed by atoms with Gasteiger partial charge in [0.15, 0.2) is 23.0 Å². The molecule has 5 rings (SSSR count). The molecule has 0 unspecified atom stereocenters. The van der Waals surface area contributed by atoms with Crippen LogP contribution in [-0.4, -0.2) is 32.4 Å². The van der Waals surface area contributed by atoms with E-state index in [4.69, 9.17) is 23.7 Å². The Morgan fingerprint density at radius 1 is 1.10 bits per heavy atom. The van der Waals surface area contributed by atoms with Gasteiger partial charge in [-0.2, -0.15) is 5.26 Å². The van der Waals surface area contributed by atoms with E-state index in [9.17, 15) is 14.9 Å². The number of amides is 1. The van der Waals surface area contributed by atoms with Crippen molar-refractivity contribution in [2.24, 2.45) is 0 Å². The largest absolute Gasteiger partial charge is 0.493 e. The molecule has 0 saturated heterocycles. The minimum atomic E-state index is -0.603. The molecule has 3 aromatic rings. The van der Waals surface area contributed by atoms with Crippen LogP contribution in [0.2, 0.25) is 0 Å². The molecule has 0 saturated carbocycles. The first-order valence-electron chi connectivity index (χ1n) is 12.9. The number of esters is 1. The summed E-state index contributed by atoms with van der Waals surface area (Å²) in [6.45, 7) is 2.46. The number of carbonyl (C=O) groups excluding carboxylic acids is 2. The Balaban J connectivity index is 1.32. The van der Waals surface area contributed by atoms with Crippen LogP contribution >= 0.6 is 11.3 Å². The Hall–Kier alpha value is -4.49. The molecule has 0 bridgehead atoms. The summed E-state index contributed by atoms with van der Waals surface area (Å²) < 4.78 is 27.5. The number of carbonyl (C=O) groups is 2. The maximum absolute atomic E-state index is 13.1. The van der Waals surface area contributed by atoms with Crippen LogP contribution in [0.5, 0.6) is 23.0 Å². The van der Waals surface area contributed by atoms with Gasteiger partial charge in [-0.3, -0.25) is 4.79 Å². The highest BCUT2D eigenvalue weighted by Gasteiger charge is 2.28. The van der Waals surface area contributed by atoms with Gasteiger partial charge in [-0.1, -0.05) is 12.1 Å². The smallest absolute Gasteiger partial charge is 0.341 e. The lowest BCUT2D eigenvalue weighted by molar-refractivity contribution is -0.112. The van der Waals surface area contributed by atoms with Crippen LogP contribution in [0.15, 0.2) is 42.0 Å². The Kier molecular flexibility index (Phi) is 8.22. The van der Waals surface area contributed by atoms with E-state index in [2.05, 4.69) is 5.32 Å². The Labute approximate surface area is 235 Å². The second-order valence-electron chi connectivity index (χ2n) is 9.15. The third kappa shape index (κ3) is 5.75. The predicted octanol–water partition coefficient (Wildman–Crippen LogP) is 5.67. The van der Waals surface area contributed by atoms with Crippen molar-refractivity contribution >= 4 is 34.3 Å². The first-order valence-corrected chi connectivity index (χ1v) is 13.8. The number of anilines is 1. The lowest BCUT2D eigenvalue weighted by atomic mass is 9.95. The summed E-state index contributed by atoms with van der Waals surface area (Å²) in [6, 6.07) is 12.7. The van der Waals surface area contributed by atoms with E-state index in [1.165, 1.54) is 24.5 Å². The Bertz CT molecular complexity index is 1520. The molecule has 0 radical (unpaired) electrons. The van der Waals surface area contributed by atoms with E-state index >= 15 is 0 Å². The van der Waals surface area contributed by atoms with Gasteiger partial charge in [-0.25, -0.2) is 4.79 Å². The second kappa shape index (κ2) is 12.1. The quantitative estimate of drug-likeness (QED) is 0.202. The van der Waals surface area contributed by atoms with Crippen molar-refractivity contribution in [3.05, 3.63) is 69.1 Å². The lowest BCUT2D eigenvalue weighted by Crippen LogP contribution is -2.16. The molecule has 1 N–H and O–H groups in total. The van der Waals surface area contributed by atoms with E-state index in [0.717, 1.165) is 41.7 Å². The maximum atomic E-state index is 13.1. The molecule has 206 valence electrons. The van der Waals surface area contributed by atoms with Gasteiger partial charge in [-0.15, -0.1) is 11.3 Å². The molecule has 1 aliphatic carbocycles. The average Bonchev–Trinajstić information content (AvgIpc) is 3.58. The summed E-state index contributed by atoms with van der Waals surface area (Å²) in [6.07, 6.45) is 5.10. The zero-order chi connectivity index (χ0) is 28.1. The zero-order valence-corrected chi connectivity index (χ0v) is 23.0. The van der Waals surface area contributed by atoms with Crippen LogP contribution in [0.25, 0.3) is 6.08 Å². The number of nitriles is 1. The summed E-state index contributed by atoms with van der Waals surface area (Å²) in [7, 11) is 1.52. The molecule has 0 spiro atoms. The molecule has 1 aliphatic heterocycles. The SMILES string of the molecule is CCOC(=O)c1c(NC(=O)/C(C#N)=C/c2ccc(OCc3ccc4c(c3)OCO4)c(OC)c2)sc2c1CCCC2. The fourth-order valence-corrected chi connectivity index (χ4v) is 5.92. The maximum Gasteiger partial charge on any atom is 0.341 e. The molecule has 2 aliphatic rings. The highest BCUT2D eigenvalue weighted by atomic mass is 32.1. The Morgan fingerprint density at radius 3 is 2.73 bits per heavy atom. The van der Waals surface area contributed by atoms with E-state index in [0.29, 0.717) is 39.1 Å². The van der Waals surface area contributed by atoms with E-state index in [1.54, 1.807) is 25.1 Å². The van der Waals surface area contributed by atoms with Crippen molar-refractivity contribution in [1.82, 2.24) is 0 Å². The number of thiophene rings is 1. The first kappa shape index (κ1) is 27.1. The highest BCUT2D eigenvalue weighted by Crippen LogP contribution is 2.39. The number of nitrogens with zero attached hydrogens (tertiary/aromatic N) is 1. The van der Waals surface area contributed by atoms with Crippen LogP contribution in [-0.2, 0) is 29.0 Å². The first-order chi connectivity index (χ1) is 19.5. The number of hydrogen-bond acceptors (Lipinski definition) is 9. The van der Waals surface area contributed by atoms with Gasteiger partial charge < -0.3 is 29.0 Å². The number of hydrogen-bond donors (Lipinski definition) is 1. The summed E-state index contributed by atoms with van der Waals surface area (Å²) >= 11 is 1.38. The summed E-state index contributed by atoms with van der Waals surface area (Å²) in [5.41, 5.74) is 2.70. The summed E-state index contributed by atoms with van der Waals surface area (Å²) in [5, 5.41) is 13.0. The number of rotatable bonds is 9. The van der Waals surface area contributed by atoms with Gasteiger partial charge in [-0.05, 0) is 79.6 Å². The van der Waals surface area contributed by atoms with Crippen LogP contribution in [0.1, 0.15) is 51.7 Å². The van der Waals surface area contributed by atoms with Gasteiger partial charge in [0.1, 0.15) is 23.3 Å². The summed E-state index contributed by atoms with van der Waals surface area (Å²) in [4.78, 5) is 26.9. The molecule has 1 amide bonds. The fraction of sp³-hybridized carbons (Fsp3) is 0.300. The monoisotopic (exact) mass is 560 g/mol. The fourth-order valence-electron chi connectivity index (χ4n) is 4.64. The van der Waals surface area contributed by atoms with Gasteiger partial charge in [0.25, 0.3) is 5.91 Å². The third-order valence-electron chi connectivity index (χ3n) is 6.57. The zero-order valence-electron chi connectivity index (χ0n) is 22.2. The molecule has 10 heteroatoms. The van der Waals surface area contributed by atoms with Crippen LogP contribution in [0.4, 0.5) is 5.00 Å². The van der Waals surface area contributed by atoms with E-state index < -0.39 is 11.9 Å². The molecular weight excluding hydrogens is 532 g/mol. The molecular formula is C30H28N2O7S. The summed E-state index contributed by atoms with van der Waals surface area (Å²) in [5.74, 6) is 1.26. The van der Waals surface area contributed by atoms with E-state index in [-0.39, 0.29) is 25.6 Å². The van der Waals surface area contributed by atoms with E-state index in [1.807, 2.05) is 24.3 Å². The van der Waals surface area contributed by atoms with Gasteiger partial charge >= 0.3 is 5.97 Å². The number of benzene rings is 2. The average molecular weight is 561 g/mol. The van der Waals surface area contributed by atoms with Crippen molar-refractivity contribution < 1.29 is 33.3 Å². The van der Waals surface area contributed by atoms with Gasteiger partial charge in [0.2, 0.25) is 6.79 Å². The van der Waals surface area contributed by atoms with Crippen LogP contribution in [0.3, 0.4) is 0 Å². The predicted molar refractivity (Wildman–Crippen MR) is 149 cm³/mol. The molecule has 0 fully saturated rings. The topological polar surface area (TPSA) is 116 Å². The number of aryl methyl sites for hydroxylation is 1. The van der Waals surface area contributed by atoms with Crippen LogP contribution in [0, 0.1) is 11.3 Å². The second-order valence-corrected chi connectivity index (χ2v) is 10.3. The number of ether oxygens (including phenoxy) is 5. The molecule has 2 heterocycles. The highest BCUT2D eigenvalue weighted by molar-refractivity contribution is 7.17. The lowest BCUT2D eigenvalue weighted by Gasteiger charge is -2.12. The normalized spacial score (nSPS) is 13.7. The number of nitrogens with one attached hydrogen (secondary N) is 1. The van der Waals surface area contributed by atoms with Crippen molar-refractivity contribution in [3.63, 3.8) is 0 Å². The van der Waals surface area contributed by atoms with Gasteiger partial charge in [0.05, 0.1) is 19.3 Å². The Morgan fingerprint density at radius 2 is 1.93 bits per heavy atom. The molecule has 9 nitrogen and oxygen atoms in total. The third-order valence-corrected chi connectivity index (χ3v) is 7.78. The molecule has 2 aromatic carbocycles. The minimum Gasteiger partial charge on any atom is -0.493 e. The molecule has 40 heavy (non-hydrogen) atoms. The van der Waals surface area contributed by atoms with Crippen molar-refractivity contribution in [2.75, 3.05) is 25.8 Å². The number of fused-ring (bicyclic) bond motifs is 2. The van der Waals surface area contributed by atoms with Crippen molar-refractivity contribution in [1.29, 1.82) is 5.26 Å². The minimum absolute atomic E-state index is 0.114. The van der Waals surface area contributed by atoms with Crippen LogP contribution < -0.4 is 24.3 Å². The number of methoxy groups -OCH3 is 1. The van der Waals surface area contributed by atoms with Crippen molar-refractivity contribution in [2.45, 2.75) is 39.2 Å². The van der Waals surface area contributed by atoms with Gasteiger partial charge in [0, 0.05) is 4.88 Å². The molecule has 1 aromatic heterocycles. The van der Waals surface area contributed by atoms with Crippen molar-refractivity contribution in [3.8, 4) is 29.1 Å².